The number of nitrogens with zero attached hydrogens (tertiary/aromatic N) is 3. The van der Waals surface area contributed by atoms with Crippen molar-refractivity contribution in [2.45, 2.75) is 110 Å². The minimum atomic E-state index is -1.98. The van der Waals surface area contributed by atoms with Crippen molar-refractivity contribution in [3.63, 3.8) is 0 Å². The average Bonchev–Trinajstić information content (AvgIpc) is 3.52. The average molecular weight is 611 g/mol. The minimum Gasteiger partial charge on any atom is -0.388 e. The Labute approximate surface area is 257 Å². The molecule has 2 N–H and O–H groups in total. The Morgan fingerprint density at radius 1 is 1.23 bits per heavy atom. The second-order valence-electron chi connectivity index (χ2n) is 14.2. The molecule has 1 aromatic carbocycles. The van der Waals surface area contributed by atoms with Crippen LogP contribution in [0.2, 0.25) is 0 Å². The summed E-state index contributed by atoms with van der Waals surface area (Å²) >= 11 is 1.56. The normalized spacial score (nSPS) is 22.9. The van der Waals surface area contributed by atoms with Gasteiger partial charge in [0, 0.05) is 19.3 Å². The van der Waals surface area contributed by atoms with E-state index in [9.17, 15) is 19.5 Å². The topological polar surface area (TPSA) is 104 Å². The lowest BCUT2D eigenvalue weighted by molar-refractivity contribution is -0.147. The van der Waals surface area contributed by atoms with Gasteiger partial charge in [-0.1, -0.05) is 53.7 Å². The maximum atomic E-state index is 15.5. The number of benzene rings is 1. The molecule has 0 radical (unpaired) electrons. The molecule has 1 saturated heterocycles. The predicted molar refractivity (Wildman–Crippen MR) is 165 cm³/mol. The smallest absolute Gasteiger partial charge is 0.290 e. The molecule has 10 heteroatoms. The van der Waals surface area contributed by atoms with Crippen LogP contribution < -0.4 is 5.32 Å². The van der Waals surface area contributed by atoms with Crippen molar-refractivity contribution in [1.29, 1.82) is 0 Å². The summed E-state index contributed by atoms with van der Waals surface area (Å²) in [5, 5.41) is 13.4. The molecular weight excluding hydrogens is 567 g/mol. The number of likely N-dealkylation sites (tertiary alicyclic amines) is 1. The Bertz CT molecular complexity index is 1450. The summed E-state index contributed by atoms with van der Waals surface area (Å²) in [6.45, 7) is 22.5. The molecule has 0 unspecified atom stereocenters. The van der Waals surface area contributed by atoms with Crippen molar-refractivity contribution >= 4 is 28.9 Å². The number of ketones is 1. The van der Waals surface area contributed by atoms with Crippen LogP contribution in [0.5, 0.6) is 0 Å². The molecule has 4 rings (SSSR count). The number of aliphatic hydroxyl groups excluding tert-OH is 1. The molecule has 2 aromatic rings. The second kappa shape index (κ2) is 11.7. The van der Waals surface area contributed by atoms with Gasteiger partial charge in [-0.05, 0) is 47.4 Å². The fraction of sp³-hybridized carbons (Fsp3) is 0.606. The second-order valence-corrected chi connectivity index (χ2v) is 15.0. The Kier molecular flexibility index (Phi) is 8.94. The maximum Gasteiger partial charge on any atom is 0.290 e. The van der Waals surface area contributed by atoms with Crippen LogP contribution in [0.1, 0.15) is 90.6 Å². The number of amides is 2. The first kappa shape index (κ1) is 32.7. The van der Waals surface area contributed by atoms with E-state index in [-0.39, 0.29) is 24.2 Å². The number of carbonyl (C=O) groups excluding carboxylic acids is 3. The molecule has 232 valence electrons. The van der Waals surface area contributed by atoms with Gasteiger partial charge in [-0.15, -0.1) is 11.3 Å². The van der Waals surface area contributed by atoms with E-state index < -0.39 is 53.0 Å². The Hall–Kier alpha value is -3.16. The molecule has 2 fully saturated rings. The summed E-state index contributed by atoms with van der Waals surface area (Å²) in [6.07, 6.45) is -2.74. The molecule has 43 heavy (non-hydrogen) atoms. The van der Waals surface area contributed by atoms with Crippen LogP contribution in [-0.4, -0.2) is 63.0 Å². The largest absolute Gasteiger partial charge is 0.388 e. The van der Waals surface area contributed by atoms with E-state index in [1.54, 1.807) is 11.3 Å². The van der Waals surface area contributed by atoms with Crippen LogP contribution in [0.3, 0.4) is 0 Å². The summed E-state index contributed by atoms with van der Waals surface area (Å²) in [7, 11) is 0. The lowest BCUT2D eigenvalue weighted by Gasteiger charge is -2.35. The van der Waals surface area contributed by atoms with E-state index in [0.29, 0.717) is 12.8 Å². The number of aryl methyl sites for hydroxylation is 1. The number of Topliss-reactive ketones (excluding diaryl/α,β-unsaturated/α-hetero) is 1. The van der Waals surface area contributed by atoms with Crippen molar-refractivity contribution < 1.29 is 23.9 Å². The van der Waals surface area contributed by atoms with Gasteiger partial charge in [0.2, 0.25) is 17.6 Å². The van der Waals surface area contributed by atoms with Gasteiger partial charge in [0.1, 0.15) is 12.1 Å². The number of thiazole rings is 1. The first-order chi connectivity index (χ1) is 19.9. The summed E-state index contributed by atoms with van der Waals surface area (Å²) < 4.78 is 15.5. The molecule has 5 atom stereocenters. The third kappa shape index (κ3) is 6.53. The van der Waals surface area contributed by atoms with E-state index in [4.69, 9.17) is 6.57 Å². The molecule has 0 bridgehead atoms. The van der Waals surface area contributed by atoms with E-state index in [0.717, 1.165) is 32.2 Å². The quantitative estimate of drug-likeness (QED) is 0.380. The van der Waals surface area contributed by atoms with E-state index in [1.807, 2.05) is 52.3 Å². The number of aliphatic hydroxyl groups is 1. The van der Waals surface area contributed by atoms with E-state index in [1.165, 1.54) is 0 Å². The zero-order chi connectivity index (χ0) is 32.1. The van der Waals surface area contributed by atoms with Gasteiger partial charge in [-0.25, -0.2) is 15.9 Å². The highest BCUT2D eigenvalue weighted by atomic mass is 32.1. The first-order valence-corrected chi connectivity index (χ1v) is 15.7. The van der Waals surface area contributed by atoms with Gasteiger partial charge < -0.3 is 20.2 Å². The van der Waals surface area contributed by atoms with Crippen LogP contribution in [0.15, 0.2) is 23.7 Å². The number of halogens is 1. The summed E-state index contributed by atoms with van der Waals surface area (Å²) in [4.78, 5) is 50.7. The van der Waals surface area contributed by atoms with Crippen LogP contribution in [-0.2, 0) is 19.8 Å². The third-order valence-corrected chi connectivity index (χ3v) is 9.80. The molecule has 1 saturated carbocycles. The lowest BCUT2D eigenvalue weighted by atomic mass is 9.76. The predicted octanol–water partition coefficient (Wildman–Crippen LogP) is 5.58. The molecule has 1 aromatic heterocycles. The Morgan fingerprint density at radius 2 is 1.88 bits per heavy atom. The number of carbonyl (C=O) groups is 3. The van der Waals surface area contributed by atoms with Crippen molar-refractivity contribution in [3.8, 4) is 10.4 Å². The number of alkyl halides is 1. The summed E-state index contributed by atoms with van der Waals surface area (Å²) in [6, 6.07) is 3.99. The molecular formula is C33H43FN4O4S. The van der Waals surface area contributed by atoms with Gasteiger partial charge in [-0.3, -0.25) is 14.4 Å². The van der Waals surface area contributed by atoms with Crippen LogP contribution >= 0.6 is 11.3 Å². The highest BCUT2D eigenvalue weighted by Gasteiger charge is 2.59. The number of hydrogen-bond donors (Lipinski definition) is 2. The van der Waals surface area contributed by atoms with Gasteiger partial charge in [0.15, 0.2) is 6.17 Å². The van der Waals surface area contributed by atoms with Gasteiger partial charge in [0.05, 0.1) is 34.6 Å². The maximum absolute atomic E-state index is 15.5. The van der Waals surface area contributed by atoms with Crippen LogP contribution in [0.25, 0.3) is 15.3 Å². The van der Waals surface area contributed by atoms with Crippen molar-refractivity contribution in [2.24, 2.45) is 11.3 Å². The molecule has 0 spiro atoms. The van der Waals surface area contributed by atoms with E-state index >= 15 is 4.39 Å². The van der Waals surface area contributed by atoms with Gasteiger partial charge in [0.25, 0.3) is 5.54 Å². The summed E-state index contributed by atoms with van der Waals surface area (Å²) in [5.74, 6) is -2.44. The zero-order valence-electron chi connectivity index (χ0n) is 26.3. The fourth-order valence-electron chi connectivity index (χ4n) is 5.90. The zero-order valence-corrected chi connectivity index (χ0v) is 27.1. The first-order valence-electron chi connectivity index (χ1n) is 14.8. The third-order valence-electron chi connectivity index (χ3n) is 8.82. The Morgan fingerprint density at radius 3 is 2.40 bits per heavy atom. The number of aromatic nitrogens is 1. The fourth-order valence-corrected chi connectivity index (χ4v) is 6.70. The van der Waals surface area contributed by atoms with Crippen LogP contribution in [0.4, 0.5) is 4.39 Å². The molecule has 1 aliphatic heterocycles. The molecule has 1 aliphatic carbocycles. The Balaban J connectivity index is 1.60. The van der Waals surface area contributed by atoms with Crippen LogP contribution in [0, 0.1) is 24.8 Å². The SMILES string of the molecule is [C-]#[N+]C1(C(=O)C[C@H](C(=O)N2C[C@H](O)[C@H](F)[C@H]2C(=O)N[C@@H](C)c2ccc(-c3scnc3C)cc2C(C)(C)C)C(C)(C)C)CC1. The van der Waals surface area contributed by atoms with Crippen molar-refractivity contribution in [1.82, 2.24) is 15.2 Å². The van der Waals surface area contributed by atoms with Gasteiger partial charge in [-0.2, -0.15) is 0 Å². The highest BCUT2D eigenvalue weighted by Crippen LogP contribution is 2.44. The molecule has 2 amide bonds. The number of rotatable bonds is 8. The number of nitrogens with one attached hydrogen (secondary N) is 1. The number of hydrogen-bond acceptors (Lipinski definition) is 6. The minimum absolute atomic E-state index is 0.167. The number of β-amino-alcohol motifs (C(OH)–C–C–N with tert-alkyl or cyclic N) is 1. The highest BCUT2D eigenvalue weighted by molar-refractivity contribution is 7.13. The lowest BCUT2D eigenvalue weighted by Crippen LogP contribution is -2.53. The van der Waals surface area contributed by atoms with E-state index in [2.05, 4.69) is 42.0 Å². The molecule has 8 nitrogen and oxygen atoms in total. The molecule has 2 heterocycles. The van der Waals surface area contributed by atoms with Crippen molar-refractivity contribution in [2.75, 3.05) is 6.54 Å². The molecule has 2 aliphatic rings. The van der Waals surface area contributed by atoms with Gasteiger partial charge >= 0.3 is 0 Å². The summed E-state index contributed by atoms with van der Waals surface area (Å²) in [5.41, 5.74) is 3.63. The standard InChI is InChI=1S/C33H43FN4O4S/c1-18(21-11-10-20(14-22(21)31(3,4)5)28-19(2)36-17-43-28)37-29(41)27-26(34)24(39)16-38(27)30(42)23(32(6,7)8)15-25(40)33(35-9)12-13-33/h10-11,14,17-18,23-24,26-27,39H,12-13,15-16H2,1-8H3,(H,37,41)/t18-,23+,24-,26-,27-/m0/s1. The monoisotopic (exact) mass is 610 g/mol. The van der Waals surface area contributed by atoms with Crippen molar-refractivity contribution in [3.05, 3.63) is 51.9 Å².